The highest BCUT2D eigenvalue weighted by Gasteiger charge is 2.41. The number of hydrogen-bond acceptors (Lipinski definition) is 3. The van der Waals surface area contributed by atoms with Crippen LogP contribution in [0.15, 0.2) is 30.3 Å². The predicted octanol–water partition coefficient (Wildman–Crippen LogP) is 2.41. The fourth-order valence-electron chi connectivity index (χ4n) is 3.55. The number of carbonyl (C=O) groups is 1. The van der Waals surface area contributed by atoms with Crippen molar-refractivity contribution in [2.45, 2.75) is 50.9 Å². The summed E-state index contributed by atoms with van der Waals surface area (Å²) in [6.07, 6.45) is 3.85. The number of amides is 1. The van der Waals surface area contributed by atoms with Gasteiger partial charge in [0, 0.05) is 13.2 Å². The van der Waals surface area contributed by atoms with Gasteiger partial charge < -0.3 is 14.4 Å². The number of likely N-dealkylation sites (tertiary alicyclic amines) is 1. The monoisotopic (exact) mass is 303 g/mol. The van der Waals surface area contributed by atoms with Crippen LogP contribution in [0.4, 0.5) is 0 Å². The van der Waals surface area contributed by atoms with E-state index in [4.69, 9.17) is 9.47 Å². The van der Waals surface area contributed by atoms with Crippen LogP contribution < -0.4 is 0 Å². The van der Waals surface area contributed by atoms with Crippen LogP contribution in [0.5, 0.6) is 0 Å². The SMILES string of the molecule is CCOC[C@@H]1CC[C@@H]2[C@@H](CCN2C(=O)Cc2ccccc2)O1. The first-order chi connectivity index (χ1) is 10.8. The molecule has 0 N–H and O–H groups in total. The normalized spacial score (nSPS) is 27.7. The molecule has 0 bridgehead atoms. The molecular formula is C18H25NO3. The van der Waals surface area contributed by atoms with E-state index in [9.17, 15) is 4.79 Å². The first-order valence-electron chi connectivity index (χ1n) is 8.34. The van der Waals surface area contributed by atoms with Crippen LogP contribution >= 0.6 is 0 Å². The van der Waals surface area contributed by atoms with Gasteiger partial charge in [0.25, 0.3) is 0 Å². The van der Waals surface area contributed by atoms with Crippen LogP contribution in [0.3, 0.4) is 0 Å². The minimum atomic E-state index is 0.193. The molecule has 2 fully saturated rings. The number of ether oxygens (including phenoxy) is 2. The molecule has 1 amide bonds. The summed E-state index contributed by atoms with van der Waals surface area (Å²) in [6, 6.07) is 10.2. The zero-order chi connectivity index (χ0) is 15.4. The zero-order valence-electron chi connectivity index (χ0n) is 13.2. The number of rotatable bonds is 5. The summed E-state index contributed by atoms with van der Waals surface area (Å²) in [6.45, 7) is 4.24. The molecule has 0 unspecified atom stereocenters. The summed E-state index contributed by atoms with van der Waals surface area (Å²) in [7, 11) is 0. The molecule has 3 rings (SSSR count). The van der Waals surface area contributed by atoms with Gasteiger partial charge in [0.1, 0.15) is 0 Å². The second-order valence-corrected chi connectivity index (χ2v) is 6.14. The second kappa shape index (κ2) is 7.25. The highest BCUT2D eigenvalue weighted by atomic mass is 16.5. The highest BCUT2D eigenvalue weighted by Crippen LogP contribution is 2.32. The average Bonchev–Trinajstić information content (AvgIpc) is 2.97. The lowest BCUT2D eigenvalue weighted by Gasteiger charge is -2.36. The van der Waals surface area contributed by atoms with E-state index in [2.05, 4.69) is 0 Å². The van der Waals surface area contributed by atoms with Crippen LogP contribution in [0, 0.1) is 0 Å². The molecule has 0 saturated carbocycles. The van der Waals surface area contributed by atoms with Crippen LogP contribution in [0.2, 0.25) is 0 Å². The van der Waals surface area contributed by atoms with Crippen molar-refractivity contribution in [3.63, 3.8) is 0 Å². The Balaban J connectivity index is 1.55. The molecule has 4 heteroatoms. The fraction of sp³-hybridized carbons (Fsp3) is 0.611. The van der Waals surface area contributed by atoms with Gasteiger partial charge in [-0.1, -0.05) is 30.3 Å². The molecule has 120 valence electrons. The van der Waals surface area contributed by atoms with Crippen LogP contribution in [0.1, 0.15) is 31.7 Å². The van der Waals surface area contributed by atoms with Crippen LogP contribution in [-0.2, 0) is 20.7 Å². The van der Waals surface area contributed by atoms with Gasteiger partial charge in [0.15, 0.2) is 0 Å². The Bertz CT molecular complexity index is 490. The maximum Gasteiger partial charge on any atom is 0.227 e. The number of hydrogen-bond donors (Lipinski definition) is 0. The van der Waals surface area contributed by atoms with Crippen molar-refractivity contribution < 1.29 is 14.3 Å². The first kappa shape index (κ1) is 15.5. The number of benzene rings is 1. The highest BCUT2D eigenvalue weighted by molar-refractivity contribution is 5.79. The standard InChI is InChI=1S/C18H25NO3/c1-2-21-13-15-8-9-16-17(22-15)10-11-19(16)18(20)12-14-6-4-3-5-7-14/h3-7,15-17H,2,8-13H2,1H3/t15-,16+,17+/m0/s1. The summed E-state index contributed by atoms with van der Waals surface area (Å²) in [5, 5.41) is 0. The third-order valence-electron chi connectivity index (χ3n) is 4.66. The Hall–Kier alpha value is -1.39. The lowest BCUT2D eigenvalue weighted by molar-refractivity contribution is -0.138. The lowest BCUT2D eigenvalue weighted by atomic mass is 9.99. The first-order valence-corrected chi connectivity index (χ1v) is 8.34. The summed E-state index contributed by atoms with van der Waals surface area (Å²) in [5.74, 6) is 0.227. The number of fused-ring (bicyclic) bond motifs is 1. The molecule has 2 saturated heterocycles. The number of carbonyl (C=O) groups excluding carboxylic acids is 1. The van der Waals surface area contributed by atoms with E-state index in [1.807, 2.05) is 42.2 Å². The molecule has 0 aliphatic carbocycles. The molecule has 3 atom stereocenters. The predicted molar refractivity (Wildman–Crippen MR) is 84.7 cm³/mol. The van der Waals surface area contributed by atoms with Crippen molar-refractivity contribution in [1.29, 1.82) is 0 Å². The van der Waals surface area contributed by atoms with E-state index >= 15 is 0 Å². The Morgan fingerprint density at radius 2 is 2.09 bits per heavy atom. The largest absolute Gasteiger partial charge is 0.379 e. The van der Waals surface area contributed by atoms with Crippen LogP contribution in [0.25, 0.3) is 0 Å². The Morgan fingerprint density at radius 3 is 2.86 bits per heavy atom. The van der Waals surface area contributed by atoms with Gasteiger partial charge in [-0.2, -0.15) is 0 Å². The van der Waals surface area contributed by atoms with Crippen molar-refractivity contribution >= 4 is 5.91 Å². The molecule has 0 aromatic heterocycles. The summed E-state index contributed by atoms with van der Waals surface area (Å²) in [5.41, 5.74) is 1.09. The lowest BCUT2D eigenvalue weighted by Crippen LogP contribution is -2.46. The van der Waals surface area contributed by atoms with Gasteiger partial charge in [-0.05, 0) is 31.7 Å². The minimum absolute atomic E-state index is 0.193. The zero-order valence-corrected chi connectivity index (χ0v) is 13.2. The quantitative estimate of drug-likeness (QED) is 0.838. The van der Waals surface area contributed by atoms with Crippen molar-refractivity contribution in [3.8, 4) is 0 Å². The smallest absolute Gasteiger partial charge is 0.227 e. The van der Waals surface area contributed by atoms with Crippen molar-refractivity contribution in [2.24, 2.45) is 0 Å². The molecule has 1 aromatic rings. The van der Waals surface area contributed by atoms with E-state index < -0.39 is 0 Å². The molecule has 4 nitrogen and oxygen atoms in total. The molecule has 0 spiro atoms. The maximum absolute atomic E-state index is 12.6. The molecule has 1 aromatic carbocycles. The Morgan fingerprint density at radius 1 is 1.27 bits per heavy atom. The molecule has 0 radical (unpaired) electrons. The van der Waals surface area contributed by atoms with E-state index in [0.29, 0.717) is 13.0 Å². The molecule has 22 heavy (non-hydrogen) atoms. The van der Waals surface area contributed by atoms with Gasteiger partial charge >= 0.3 is 0 Å². The molecular weight excluding hydrogens is 278 g/mol. The minimum Gasteiger partial charge on any atom is -0.379 e. The molecule has 2 heterocycles. The summed E-state index contributed by atoms with van der Waals surface area (Å²) >= 11 is 0. The summed E-state index contributed by atoms with van der Waals surface area (Å²) in [4.78, 5) is 14.6. The number of nitrogens with zero attached hydrogens (tertiary/aromatic N) is 1. The third kappa shape index (κ3) is 3.50. The van der Waals surface area contributed by atoms with Gasteiger partial charge in [-0.3, -0.25) is 4.79 Å². The van der Waals surface area contributed by atoms with Gasteiger partial charge in [-0.15, -0.1) is 0 Å². The van der Waals surface area contributed by atoms with Crippen molar-refractivity contribution in [3.05, 3.63) is 35.9 Å². The Kier molecular flexibility index (Phi) is 5.11. The second-order valence-electron chi connectivity index (χ2n) is 6.14. The topological polar surface area (TPSA) is 38.8 Å². The maximum atomic E-state index is 12.6. The van der Waals surface area contributed by atoms with Crippen molar-refractivity contribution in [1.82, 2.24) is 4.90 Å². The van der Waals surface area contributed by atoms with E-state index in [1.165, 1.54) is 0 Å². The summed E-state index contributed by atoms with van der Waals surface area (Å²) < 4.78 is 11.6. The molecule has 2 aliphatic rings. The average molecular weight is 303 g/mol. The van der Waals surface area contributed by atoms with E-state index in [0.717, 1.165) is 38.0 Å². The fourth-order valence-corrected chi connectivity index (χ4v) is 3.55. The third-order valence-corrected chi connectivity index (χ3v) is 4.66. The molecule has 2 aliphatic heterocycles. The van der Waals surface area contributed by atoms with Crippen LogP contribution in [-0.4, -0.2) is 48.8 Å². The van der Waals surface area contributed by atoms with E-state index in [-0.39, 0.29) is 24.2 Å². The van der Waals surface area contributed by atoms with E-state index in [1.54, 1.807) is 0 Å². The van der Waals surface area contributed by atoms with Gasteiger partial charge in [0.2, 0.25) is 5.91 Å². The Labute approximate surface area is 132 Å². The van der Waals surface area contributed by atoms with Crippen molar-refractivity contribution in [2.75, 3.05) is 19.8 Å². The van der Waals surface area contributed by atoms with Gasteiger partial charge in [-0.25, -0.2) is 0 Å². The van der Waals surface area contributed by atoms with Gasteiger partial charge in [0.05, 0.1) is 31.3 Å².